The highest BCUT2D eigenvalue weighted by molar-refractivity contribution is 9.10. The lowest BCUT2D eigenvalue weighted by molar-refractivity contribution is -0.384. The molecule has 0 spiro atoms. The Morgan fingerprint density at radius 2 is 2.05 bits per heavy atom. The summed E-state index contributed by atoms with van der Waals surface area (Å²) in [5.74, 6) is -0.288. The monoisotopic (exact) mass is 359 g/mol. The van der Waals surface area contributed by atoms with Gasteiger partial charge in [-0.1, -0.05) is 33.6 Å². The number of hydrogen-bond acceptors (Lipinski definition) is 3. The largest absolute Gasteiger partial charge is 0.487 e. The molecule has 0 aliphatic heterocycles. The first kappa shape index (κ1) is 14.7. The Bertz CT molecular complexity index is 666. The summed E-state index contributed by atoms with van der Waals surface area (Å²) in [6.07, 6.45) is 0. The van der Waals surface area contributed by atoms with Crippen LogP contribution in [0.15, 0.2) is 40.9 Å². The summed E-state index contributed by atoms with van der Waals surface area (Å²) in [6.45, 7) is -0.0694. The quantitative estimate of drug-likeness (QED) is 0.585. The number of halogens is 3. The molecular weight excluding hydrogens is 353 g/mol. The van der Waals surface area contributed by atoms with Crippen LogP contribution in [0.5, 0.6) is 5.75 Å². The van der Waals surface area contributed by atoms with Gasteiger partial charge in [0.15, 0.2) is 0 Å². The van der Waals surface area contributed by atoms with E-state index >= 15 is 0 Å². The van der Waals surface area contributed by atoms with E-state index in [-0.39, 0.29) is 23.1 Å². The van der Waals surface area contributed by atoms with Crippen molar-refractivity contribution in [2.75, 3.05) is 0 Å². The van der Waals surface area contributed by atoms with Gasteiger partial charge in [-0.3, -0.25) is 10.1 Å². The van der Waals surface area contributed by atoms with Crippen molar-refractivity contribution in [1.82, 2.24) is 0 Å². The maximum absolute atomic E-state index is 13.6. The van der Waals surface area contributed by atoms with E-state index in [4.69, 9.17) is 16.3 Å². The first-order valence-corrected chi connectivity index (χ1v) is 6.65. The molecule has 0 radical (unpaired) electrons. The molecule has 0 fully saturated rings. The van der Waals surface area contributed by atoms with Gasteiger partial charge < -0.3 is 4.74 Å². The number of nitrogens with zero attached hydrogens (tertiary/aromatic N) is 1. The molecule has 2 rings (SSSR count). The van der Waals surface area contributed by atoms with E-state index < -0.39 is 10.7 Å². The molecule has 7 heteroatoms. The SMILES string of the molecule is O=[N+]([O-])c1ccc(Cl)c(OCc2ccc(Br)cc2F)c1. The van der Waals surface area contributed by atoms with Gasteiger partial charge in [0.2, 0.25) is 0 Å². The number of nitro benzene ring substituents is 1. The summed E-state index contributed by atoms with van der Waals surface area (Å²) >= 11 is 9.04. The highest BCUT2D eigenvalue weighted by Crippen LogP contribution is 2.29. The molecule has 0 atom stereocenters. The summed E-state index contributed by atoms with van der Waals surface area (Å²) in [6, 6.07) is 8.40. The second-order valence-electron chi connectivity index (χ2n) is 3.90. The van der Waals surface area contributed by atoms with Crippen molar-refractivity contribution in [1.29, 1.82) is 0 Å². The van der Waals surface area contributed by atoms with Crippen molar-refractivity contribution in [2.45, 2.75) is 6.61 Å². The van der Waals surface area contributed by atoms with Crippen LogP contribution in [0.25, 0.3) is 0 Å². The molecule has 0 aliphatic rings. The molecule has 0 heterocycles. The summed E-state index contributed by atoms with van der Waals surface area (Å²) in [5, 5.41) is 10.9. The first-order valence-electron chi connectivity index (χ1n) is 5.48. The molecule has 0 amide bonds. The van der Waals surface area contributed by atoms with Crippen molar-refractivity contribution in [3.8, 4) is 5.75 Å². The van der Waals surface area contributed by atoms with Gasteiger partial charge >= 0.3 is 0 Å². The van der Waals surface area contributed by atoms with Gasteiger partial charge in [-0.25, -0.2) is 4.39 Å². The molecule has 0 aliphatic carbocycles. The highest BCUT2D eigenvalue weighted by atomic mass is 79.9. The zero-order valence-electron chi connectivity index (χ0n) is 9.98. The fourth-order valence-electron chi connectivity index (χ4n) is 1.51. The molecule has 0 bridgehead atoms. The van der Waals surface area contributed by atoms with Crippen LogP contribution >= 0.6 is 27.5 Å². The molecule has 0 saturated heterocycles. The van der Waals surface area contributed by atoms with Crippen molar-refractivity contribution in [3.05, 3.63) is 67.4 Å². The van der Waals surface area contributed by atoms with Gasteiger partial charge in [-0.2, -0.15) is 0 Å². The van der Waals surface area contributed by atoms with Crippen LogP contribution in [0.3, 0.4) is 0 Å². The van der Waals surface area contributed by atoms with Gasteiger partial charge in [-0.15, -0.1) is 0 Å². The van der Waals surface area contributed by atoms with Gasteiger partial charge in [-0.05, 0) is 18.2 Å². The number of nitro groups is 1. The minimum absolute atomic E-state index is 0.0694. The van der Waals surface area contributed by atoms with E-state index in [0.29, 0.717) is 10.0 Å². The normalized spacial score (nSPS) is 10.3. The zero-order valence-corrected chi connectivity index (χ0v) is 12.3. The van der Waals surface area contributed by atoms with Crippen molar-refractivity contribution < 1.29 is 14.1 Å². The molecule has 20 heavy (non-hydrogen) atoms. The van der Waals surface area contributed by atoms with Crippen molar-refractivity contribution in [2.24, 2.45) is 0 Å². The smallest absolute Gasteiger partial charge is 0.273 e. The third kappa shape index (κ3) is 3.46. The van der Waals surface area contributed by atoms with E-state index in [2.05, 4.69) is 15.9 Å². The summed E-state index contributed by atoms with van der Waals surface area (Å²) in [5.41, 5.74) is 0.191. The minimum Gasteiger partial charge on any atom is -0.487 e. The molecule has 0 unspecified atom stereocenters. The fraction of sp³-hybridized carbons (Fsp3) is 0.0769. The van der Waals surface area contributed by atoms with Gasteiger partial charge in [0.05, 0.1) is 16.0 Å². The second kappa shape index (κ2) is 6.19. The lowest BCUT2D eigenvalue weighted by atomic mass is 10.2. The van der Waals surface area contributed by atoms with Crippen LogP contribution in [0.1, 0.15) is 5.56 Å². The molecule has 0 saturated carbocycles. The molecule has 2 aromatic rings. The maximum atomic E-state index is 13.6. The molecule has 104 valence electrons. The van der Waals surface area contributed by atoms with Crippen LogP contribution in [-0.4, -0.2) is 4.92 Å². The van der Waals surface area contributed by atoms with Crippen LogP contribution in [-0.2, 0) is 6.61 Å². The summed E-state index contributed by atoms with van der Waals surface area (Å²) in [7, 11) is 0. The van der Waals surface area contributed by atoms with Crippen LogP contribution in [0.4, 0.5) is 10.1 Å². The van der Waals surface area contributed by atoms with E-state index in [1.54, 1.807) is 12.1 Å². The predicted molar refractivity (Wildman–Crippen MR) is 76.5 cm³/mol. The number of rotatable bonds is 4. The van der Waals surface area contributed by atoms with Crippen LogP contribution in [0, 0.1) is 15.9 Å². The van der Waals surface area contributed by atoms with E-state index in [1.807, 2.05) is 0 Å². The minimum atomic E-state index is -0.552. The average molecular weight is 361 g/mol. The topological polar surface area (TPSA) is 52.4 Å². The Balaban J connectivity index is 2.18. The Morgan fingerprint density at radius 3 is 2.70 bits per heavy atom. The maximum Gasteiger partial charge on any atom is 0.273 e. The predicted octanol–water partition coefficient (Wildman–Crippen LogP) is 4.73. The molecule has 0 aromatic heterocycles. The summed E-state index contributed by atoms with van der Waals surface area (Å²) < 4.78 is 19.6. The Hall–Kier alpha value is -1.66. The number of non-ortho nitro benzene ring substituents is 1. The van der Waals surface area contributed by atoms with E-state index in [0.717, 1.165) is 0 Å². The van der Waals surface area contributed by atoms with E-state index in [1.165, 1.54) is 24.3 Å². The Labute approximate surface area is 127 Å². The number of ether oxygens (including phenoxy) is 1. The van der Waals surface area contributed by atoms with Crippen LogP contribution < -0.4 is 4.74 Å². The molecule has 0 N–H and O–H groups in total. The first-order chi connectivity index (χ1) is 9.47. The second-order valence-corrected chi connectivity index (χ2v) is 5.22. The number of hydrogen-bond donors (Lipinski definition) is 0. The third-order valence-electron chi connectivity index (χ3n) is 2.52. The fourth-order valence-corrected chi connectivity index (χ4v) is 2.02. The zero-order chi connectivity index (χ0) is 14.7. The van der Waals surface area contributed by atoms with Gasteiger partial charge in [0, 0.05) is 16.1 Å². The highest BCUT2D eigenvalue weighted by Gasteiger charge is 2.12. The summed E-state index contributed by atoms with van der Waals surface area (Å²) in [4.78, 5) is 10.1. The van der Waals surface area contributed by atoms with Gasteiger partial charge in [0.1, 0.15) is 18.2 Å². The third-order valence-corrected chi connectivity index (χ3v) is 3.33. The molecule has 2 aromatic carbocycles. The lowest BCUT2D eigenvalue weighted by Gasteiger charge is -2.09. The Kier molecular flexibility index (Phi) is 4.57. The van der Waals surface area contributed by atoms with Gasteiger partial charge in [0.25, 0.3) is 5.69 Å². The lowest BCUT2D eigenvalue weighted by Crippen LogP contribution is -1.99. The van der Waals surface area contributed by atoms with Crippen molar-refractivity contribution >= 4 is 33.2 Å². The Morgan fingerprint density at radius 1 is 1.30 bits per heavy atom. The molecular formula is C13H8BrClFNO3. The number of benzene rings is 2. The van der Waals surface area contributed by atoms with Crippen LogP contribution in [0.2, 0.25) is 5.02 Å². The standard InChI is InChI=1S/C13H8BrClFNO3/c14-9-2-1-8(12(16)5-9)7-20-13-6-10(17(18)19)3-4-11(13)15/h1-6H,7H2. The van der Waals surface area contributed by atoms with E-state index in [9.17, 15) is 14.5 Å². The van der Waals surface area contributed by atoms with Crippen molar-refractivity contribution in [3.63, 3.8) is 0 Å². The molecule has 4 nitrogen and oxygen atoms in total. The average Bonchev–Trinajstić information content (AvgIpc) is 2.39.